The first-order chi connectivity index (χ1) is 16.1. The maximum Gasteiger partial charge on any atom is 0.333 e. The van der Waals surface area contributed by atoms with Crippen molar-refractivity contribution in [1.82, 2.24) is 14.3 Å². The van der Waals surface area contributed by atoms with Crippen molar-refractivity contribution in [3.05, 3.63) is 75.1 Å². The van der Waals surface area contributed by atoms with Gasteiger partial charge in [-0.05, 0) is 30.3 Å². The Morgan fingerprint density at radius 3 is 2.38 bits per heavy atom. The van der Waals surface area contributed by atoms with Gasteiger partial charge in [-0.1, -0.05) is 29.8 Å². The lowest BCUT2D eigenvalue weighted by atomic mass is 10.1. The zero-order valence-corrected chi connectivity index (χ0v) is 19.2. The lowest BCUT2D eigenvalue weighted by molar-refractivity contribution is 0.0990. The summed E-state index contributed by atoms with van der Waals surface area (Å²) < 4.78 is 27.2. The lowest BCUT2D eigenvalue weighted by Gasteiger charge is -2.14. The Balaban J connectivity index is 1.64. The second-order valence-corrected chi connectivity index (χ2v) is 10.4. The SMILES string of the molecule is NC(=O)c1c(O)c2ccccc2c(=O)n1-c1ccc(NC(=O)NS(=O)(=O)c2ccc(Cl)s2)cn1. The molecular formula is C20H14ClN5O6S2. The topological polar surface area (TPSA) is 173 Å². The standard InChI is InChI=1S/C20H14ClN5O6S2/c21-13-6-8-15(33-13)34(31,32)25-20(30)24-10-5-7-14(23-9-10)26-16(18(22)28)17(27)11-3-1-2-4-12(11)19(26)29/h1-9,27H,(H2,22,28)(H2,24,25,30). The number of nitrogens with one attached hydrogen (secondary N) is 2. The van der Waals surface area contributed by atoms with Crippen LogP contribution in [0, 0.1) is 0 Å². The number of nitrogens with two attached hydrogens (primary N) is 1. The number of nitrogens with zero attached hydrogens (tertiary/aromatic N) is 2. The summed E-state index contributed by atoms with van der Waals surface area (Å²) in [5.41, 5.74) is 4.38. The predicted octanol–water partition coefficient (Wildman–Crippen LogP) is 2.42. The first-order valence-electron chi connectivity index (χ1n) is 9.30. The molecule has 14 heteroatoms. The monoisotopic (exact) mass is 519 g/mol. The number of halogens is 1. The molecule has 0 atom stereocenters. The molecule has 0 saturated carbocycles. The van der Waals surface area contributed by atoms with E-state index in [4.69, 9.17) is 17.3 Å². The van der Waals surface area contributed by atoms with Crippen LogP contribution in [0.5, 0.6) is 5.75 Å². The van der Waals surface area contributed by atoms with E-state index in [1.54, 1.807) is 12.1 Å². The second kappa shape index (κ2) is 8.78. The van der Waals surface area contributed by atoms with E-state index in [1.165, 1.54) is 36.4 Å². The van der Waals surface area contributed by atoms with Crippen LogP contribution in [-0.4, -0.2) is 35.0 Å². The molecule has 0 saturated heterocycles. The van der Waals surface area contributed by atoms with Gasteiger partial charge in [0.1, 0.15) is 10.0 Å². The highest BCUT2D eigenvalue weighted by molar-refractivity contribution is 7.92. The number of anilines is 1. The number of primary amides is 1. The molecule has 5 N–H and O–H groups in total. The number of carbonyl (C=O) groups excluding carboxylic acids is 2. The van der Waals surface area contributed by atoms with Crippen molar-refractivity contribution in [2.75, 3.05) is 5.32 Å². The van der Waals surface area contributed by atoms with E-state index in [9.17, 15) is 27.9 Å². The largest absolute Gasteiger partial charge is 0.505 e. The Morgan fingerprint density at radius 1 is 1.09 bits per heavy atom. The molecule has 0 spiro atoms. The molecule has 0 bridgehead atoms. The third kappa shape index (κ3) is 4.31. The first kappa shape index (κ1) is 23.2. The number of aromatic nitrogens is 2. The van der Waals surface area contributed by atoms with Crippen molar-refractivity contribution < 1.29 is 23.1 Å². The van der Waals surface area contributed by atoms with Crippen molar-refractivity contribution in [2.45, 2.75) is 4.21 Å². The number of thiophene rings is 1. The van der Waals surface area contributed by atoms with Gasteiger partial charge in [-0.2, -0.15) is 0 Å². The number of pyridine rings is 2. The zero-order chi connectivity index (χ0) is 24.6. The summed E-state index contributed by atoms with van der Waals surface area (Å²) in [6.07, 6.45) is 1.13. The molecule has 0 radical (unpaired) electrons. The number of amides is 3. The van der Waals surface area contributed by atoms with Crippen molar-refractivity contribution in [3.8, 4) is 11.6 Å². The minimum Gasteiger partial charge on any atom is -0.505 e. The van der Waals surface area contributed by atoms with Crippen LogP contribution in [-0.2, 0) is 10.0 Å². The minimum absolute atomic E-state index is 0.0633. The van der Waals surface area contributed by atoms with Crippen LogP contribution < -0.4 is 21.3 Å². The van der Waals surface area contributed by atoms with Gasteiger partial charge >= 0.3 is 6.03 Å². The molecule has 0 aliphatic carbocycles. The quantitative estimate of drug-likeness (QED) is 0.313. The van der Waals surface area contributed by atoms with E-state index >= 15 is 0 Å². The van der Waals surface area contributed by atoms with E-state index in [0.29, 0.717) is 0 Å². The fourth-order valence-electron chi connectivity index (χ4n) is 3.14. The van der Waals surface area contributed by atoms with Crippen LogP contribution >= 0.6 is 22.9 Å². The van der Waals surface area contributed by atoms with Crippen molar-refractivity contribution >= 4 is 61.4 Å². The van der Waals surface area contributed by atoms with Crippen molar-refractivity contribution in [2.24, 2.45) is 5.73 Å². The maximum atomic E-state index is 13.0. The molecule has 1 aromatic carbocycles. The number of rotatable bonds is 5. The number of benzene rings is 1. The van der Waals surface area contributed by atoms with E-state index in [1.807, 2.05) is 4.72 Å². The number of hydrogen-bond acceptors (Lipinski definition) is 8. The Hall–Kier alpha value is -3.94. The van der Waals surface area contributed by atoms with Crippen LogP contribution in [0.15, 0.2) is 63.7 Å². The highest BCUT2D eigenvalue weighted by atomic mass is 35.5. The normalized spacial score (nSPS) is 11.3. The van der Waals surface area contributed by atoms with Gasteiger partial charge in [0.15, 0.2) is 11.4 Å². The molecule has 4 rings (SSSR count). The second-order valence-electron chi connectivity index (χ2n) is 6.77. The number of sulfonamides is 1. The molecule has 0 fully saturated rings. The summed E-state index contributed by atoms with van der Waals surface area (Å²) in [7, 11) is -4.13. The van der Waals surface area contributed by atoms with Crippen LogP contribution in [0.1, 0.15) is 10.5 Å². The van der Waals surface area contributed by atoms with Gasteiger partial charge in [-0.3, -0.25) is 14.2 Å². The molecule has 0 aliphatic rings. The maximum absolute atomic E-state index is 13.0. The van der Waals surface area contributed by atoms with Crippen LogP contribution in [0.25, 0.3) is 16.6 Å². The van der Waals surface area contributed by atoms with Crippen LogP contribution in [0.3, 0.4) is 0 Å². The molecule has 0 unspecified atom stereocenters. The molecule has 11 nitrogen and oxygen atoms in total. The smallest absolute Gasteiger partial charge is 0.333 e. The minimum atomic E-state index is -4.13. The summed E-state index contributed by atoms with van der Waals surface area (Å²) in [6, 6.07) is 10.3. The summed E-state index contributed by atoms with van der Waals surface area (Å²) >= 11 is 6.51. The number of urea groups is 1. The third-order valence-corrected chi connectivity index (χ3v) is 7.63. The number of carbonyl (C=O) groups is 2. The highest BCUT2D eigenvalue weighted by Gasteiger charge is 2.22. The fraction of sp³-hybridized carbons (Fsp3) is 0. The Labute approximate surface area is 200 Å². The van der Waals surface area contributed by atoms with Gasteiger partial charge < -0.3 is 16.2 Å². The van der Waals surface area contributed by atoms with E-state index in [0.717, 1.165) is 22.1 Å². The number of fused-ring (bicyclic) bond motifs is 1. The van der Waals surface area contributed by atoms with Crippen molar-refractivity contribution in [3.63, 3.8) is 0 Å². The molecule has 174 valence electrons. The fourth-order valence-corrected chi connectivity index (χ4v) is 5.53. The van der Waals surface area contributed by atoms with Crippen LogP contribution in [0.2, 0.25) is 4.34 Å². The summed E-state index contributed by atoms with van der Waals surface area (Å²) in [5, 5.41) is 13.1. The van der Waals surface area contributed by atoms with E-state index in [2.05, 4.69) is 10.3 Å². The Bertz CT molecular complexity index is 1610. The van der Waals surface area contributed by atoms with E-state index < -0.39 is 39.0 Å². The summed E-state index contributed by atoms with van der Waals surface area (Å²) in [4.78, 5) is 41.2. The molecule has 3 amide bonds. The van der Waals surface area contributed by atoms with Gasteiger partial charge in [0.2, 0.25) is 0 Å². The van der Waals surface area contributed by atoms with Gasteiger partial charge in [-0.15, -0.1) is 11.3 Å². The molecule has 3 aromatic heterocycles. The molecular weight excluding hydrogens is 506 g/mol. The van der Waals surface area contributed by atoms with Gasteiger partial charge in [0.25, 0.3) is 21.5 Å². The molecule has 4 aromatic rings. The molecule has 0 aliphatic heterocycles. The molecule has 3 heterocycles. The van der Waals surface area contributed by atoms with Gasteiger partial charge in [-0.25, -0.2) is 22.9 Å². The average molecular weight is 520 g/mol. The van der Waals surface area contributed by atoms with Gasteiger partial charge in [0.05, 0.1) is 21.6 Å². The van der Waals surface area contributed by atoms with Crippen LogP contribution in [0.4, 0.5) is 10.5 Å². The zero-order valence-electron chi connectivity index (χ0n) is 16.9. The number of hydrogen-bond donors (Lipinski definition) is 4. The average Bonchev–Trinajstić information content (AvgIpc) is 3.23. The Morgan fingerprint density at radius 2 is 1.79 bits per heavy atom. The summed E-state index contributed by atoms with van der Waals surface area (Å²) in [5.74, 6) is -1.60. The number of aromatic hydroxyl groups is 1. The van der Waals surface area contributed by atoms with E-state index in [-0.39, 0.29) is 30.8 Å². The van der Waals surface area contributed by atoms with Crippen molar-refractivity contribution in [1.29, 1.82) is 0 Å². The first-order valence-corrected chi connectivity index (χ1v) is 12.0. The lowest BCUT2D eigenvalue weighted by Crippen LogP contribution is -2.34. The third-order valence-electron chi connectivity index (χ3n) is 4.57. The van der Waals surface area contributed by atoms with Gasteiger partial charge in [0, 0.05) is 5.39 Å². The molecule has 34 heavy (non-hydrogen) atoms. The summed E-state index contributed by atoms with van der Waals surface area (Å²) in [6.45, 7) is 0. The Kier molecular flexibility index (Phi) is 6.00. The predicted molar refractivity (Wildman–Crippen MR) is 126 cm³/mol. The highest BCUT2D eigenvalue weighted by Crippen LogP contribution is 2.28.